The van der Waals surface area contributed by atoms with Gasteiger partial charge in [0.05, 0.1) is 23.8 Å². The lowest BCUT2D eigenvalue weighted by Crippen LogP contribution is -2.10. The lowest BCUT2D eigenvalue weighted by atomic mass is 10.00. The molecule has 36 heavy (non-hydrogen) atoms. The highest BCUT2D eigenvalue weighted by molar-refractivity contribution is 7.71. The molecule has 0 atom stereocenters. The Morgan fingerprint density at radius 2 is 1.61 bits per heavy atom. The molecule has 3 aromatic heterocycles. The van der Waals surface area contributed by atoms with Gasteiger partial charge in [-0.1, -0.05) is 38.1 Å². The van der Waals surface area contributed by atoms with Crippen LogP contribution in [0.4, 0.5) is 17.6 Å². The molecule has 2 aromatic carbocycles. The molecule has 0 aliphatic heterocycles. The number of nitrogens with zero attached hydrogens (tertiary/aromatic N) is 3. The summed E-state index contributed by atoms with van der Waals surface area (Å²) in [5.74, 6) is -0.548. The molecular formula is C25H18F4N4O2S. The van der Waals surface area contributed by atoms with E-state index in [0.717, 1.165) is 6.07 Å². The maximum atomic E-state index is 14.4. The number of alkyl halides is 3. The third-order valence-electron chi connectivity index (χ3n) is 4.95. The summed E-state index contributed by atoms with van der Waals surface area (Å²) in [6, 6.07) is 13.3. The van der Waals surface area contributed by atoms with Crippen LogP contribution >= 0.6 is 12.2 Å². The van der Waals surface area contributed by atoms with Gasteiger partial charge in [0.1, 0.15) is 11.5 Å². The first-order chi connectivity index (χ1) is 17.3. The van der Waals surface area contributed by atoms with Crippen molar-refractivity contribution in [2.75, 3.05) is 0 Å². The van der Waals surface area contributed by atoms with Crippen molar-refractivity contribution in [2.45, 2.75) is 20.0 Å². The molecule has 184 valence electrons. The highest BCUT2D eigenvalue weighted by atomic mass is 32.1. The summed E-state index contributed by atoms with van der Waals surface area (Å²) in [4.78, 5) is 11.9. The van der Waals surface area contributed by atoms with E-state index in [2.05, 4.69) is 20.1 Å². The molecule has 3 heterocycles. The average Bonchev–Trinajstić information content (AvgIpc) is 3.57. The van der Waals surface area contributed by atoms with Crippen molar-refractivity contribution >= 4 is 12.2 Å². The Morgan fingerprint density at radius 1 is 0.861 bits per heavy atom. The van der Waals surface area contributed by atoms with E-state index in [1.807, 2.05) is 13.8 Å². The van der Waals surface area contributed by atoms with Crippen LogP contribution in [0.1, 0.15) is 19.5 Å². The largest absolute Gasteiger partial charge is 0.472 e. The fourth-order valence-electron chi connectivity index (χ4n) is 3.35. The van der Waals surface area contributed by atoms with Crippen LogP contribution in [0.5, 0.6) is 0 Å². The molecule has 6 nitrogen and oxygen atoms in total. The van der Waals surface area contributed by atoms with Crippen LogP contribution in [-0.2, 0) is 6.18 Å². The Morgan fingerprint density at radius 3 is 2.28 bits per heavy atom. The van der Waals surface area contributed by atoms with Crippen LogP contribution in [0.2, 0.25) is 0 Å². The molecule has 0 aliphatic rings. The minimum absolute atomic E-state index is 0.0711. The van der Waals surface area contributed by atoms with Gasteiger partial charge in [-0.3, -0.25) is 0 Å². The number of rotatable bonds is 4. The topological polar surface area (TPSA) is 80.7 Å². The average molecular weight is 515 g/mol. The molecule has 0 bridgehead atoms. The van der Waals surface area contributed by atoms with Crippen molar-refractivity contribution in [3.63, 3.8) is 0 Å². The Bertz CT molecular complexity index is 1540. The molecule has 0 radical (unpaired) electrons. The number of hydrogen-bond acceptors (Lipinski definition) is 6. The Hall–Kier alpha value is -4.12. The van der Waals surface area contributed by atoms with Crippen LogP contribution in [0.15, 0.2) is 76.1 Å². The van der Waals surface area contributed by atoms with Gasteiger partial charge in [-0.2, -0.15) is 18.2 Å². The predicted molar refractivity (Wildman–Crippen MR) is 128 cm³/mol. The molecule has 5 rings (SSSR count). The second kappa shape index (κ2) is 10.2. The number of halogens is 4. The zero-order valence-electron chi connectivity index (χ0n) is 18.9. The van der Waals surface area contributed by atoms with Gasteiger partial charge in [0, 0.05) is 11.1 Å². The van der Waals surface area contributed by atoms with Crippen molar-refractivity contribution in [1.82, 2.24) is 20.1 Å². The zero-order chi connectivity index (χ0) is 25.9. The first kappa shape index (κ1) is 25.0. The summed E-state index contributed by atoms with van der Waals surface area (Å²) in [7, 11) is 0. The smallest absolute Gasteiger partial charge is 0.433 e. The van der Waals surface area contributed by atoms with Gasteiger partial charge >= 0.3 is 11.0 Å². The zero-order valence-corrected chi connectivity index (χ0v) is 19.7. The summed E-state index contributed by atoms with van der Waals surface area (Å²) >= 11 is 4.82. The van der Waals surface area contributed by atoms with Gasteiger partial charge in [0.25, 0.3) is 0 Å². The number of H-pyrrole nitrogens is 1. The van der Waals surface area contributed by atoms with Crippen molar-refractivity contribution in [1.29, 1.82) is 0 Å². The molecule has 0 saturated carbocycles. The standard InChI is InChI=1S/C23H12F4N4O2S.C2H6/c24-17-5-4-13(9-16(17)21-30-22(34)33-31-21)12-2-1-3-14(8-12)20-28-18(15-6-7-32-11-15)10-19(29-20)23(25,26)27;1-2/h1-11H,(H,30,31,34);1-2H3. The fraction of sp³-hybridized carbons (Fsp3) is 0.120. The van der Waals surface area contributed by atoms with Crippen molar-refractivity contribution in [3.8, 4) is 45.2 Å². The normalized spacial score (nSPS) is 11.2. The highest BCUT2D eigenvalue weighted by Gasteiger charge is 2.34. The Kier molecular flexibility index (Phi) is 7.11. The molecule has 0 fully saturated rings. The van der Waals surface area contributed by atoms with E-state index in [9.17, 15) is 17.6 Å². The summed E-state index contributed by atoms with van der Waals surface area (Å²) in [6.07, 6.45) is -2.02. The number of aromatic nitrogens is 4. The molecule has 0 amide bonds. The number of hydrogen-bond donors (Lipinski definition) is 1. The molecule has 11 heteroatoms. The SMILES string of the molecule is CC.Fc1ccc(-c2cccc(-c3nc(-c4ccoc4)cc(C(F)(F)F)n3)c2)cc1-c1nc(=S)o[nH]1. The maximum Gasteiger partial charge on any atom is 0.433 e. The van der Waals surface area contributed by atoms with Crippen molar-refractivity contribution in [3.05, 3.63) is 83.5 Å². The molecule has 1 N–H and O–H groups in total. The number of aromatic amines is 1. The summed E-state index contributed by atoms with van der Waals surface area (Å²) in [5.41, 5.74) is 1.04. The third kappa shape index (κ3) is 5.25. The van der Waals surface area contributed by atoms with Crippen LogP contribution < -0.4 is 0 Å². The van der Waals surface area contributed by atoms with E-state index in [1.165, 1.54) is 36.8 Å². The summed E-state index contributed by atoms with van der Waals surface area (Å²) < 4.78 is 64.8. The predicted octanol–water partition coefficient (Wildman–Crippen LogP) is 7.97. The number of nitrogens with one attached hydrogen (secondary N) is 1. The van der Waals surface area contributed by atoms with E-state index >= 15 is 0 Å². The van der Waals surface area contributed by atoms with Crippen LogP contribution in [-0.4, -0.2) is 20.1 Å². The summed E-state index contributed by atoms with van der Waals surface area (Å²) in [5, 5.41) is 2.45. The molecule has 0 unspecified atom stereocenters. The minimum atomic E-state index is -4.67. The first-order valence-corrected chi connectivity index (χ1v) is 11.1. The summed E-state index contributed by atoms with van der Waals surface area (Å²) in [6.45, 7) is 4.00. The van der Waals surface area contributed by atoms with E-state index < -0.39 is 17.7 Å². The third-order valence-corrected chi connectivity index (χ3v) is 5.12. The molecule has 0 saturated heterocycles. The van der Waals surface area contributed by atoms with Gasteiger partial charge in [-0.05, 0) is 53.7 Å². The van der Waals surface area contributed by atoms with Gasteiger partial charge in [-0.25, -0.2) is 19.5 Å². The van der Waals surface area contributed by atoms with Gasteiger partial charge in [0.15, 0.2) is 11.6 Å². The lowest BCUT2D eigenvalue weighted by molar-refractivity contribution is -0.141. The second-order valence-electron chi connectivity index (χ2n) is 7.18. The van der Waals surface area contributed by atoms with Gasteiger partial charge in [-0.15, -0.1) is 0 Å². The van der Waals surface area contributed by atoms with Crippen LogP contribution in [0.3, 0.4) is 0 Å². The van der Waals surface area contributed by atoms with E-state index in [4.69, 9.17) is 21.2 Å². The molecule has 0 aliphatic carbocycles. The maximum absolute atomic E-state index is 14.4. The second-order valence-corrected chi connectivity index (χ2v) is 7.53. The Labute approximate surface area is 207 Å². The van der Waals surface area contributed by atoms with Crippen molar-refractivity contribution < 1.29 is 26.5 Å². The Balaban J connectivity index is 0.00000148. The molecule has 0 spiro atoms. The van der Waals surface area contributed by atoms with Crippen molar-refractivity contribution in [2.24, 2.45) is 0 Å². The number of furan rings is 1. The fourth-order valence-corrected chi connectivity index (χ4v) is 3.48. The molecule has 5 aromatic rings. The van der Waals surface area contributed by atoms with Crippen LogP contribution in [0.25, 0.3) is 45.2 Å². The highest BCUT2D eigenvalue weighted by Crippen LogP contribution is 2.34. The quantitative estimate of drug-likeness (QED) is 0.194. The van der Waals surface area contributed by atoms with E-state index in [-0.39, 0.29) is 27.7 Å². The van der Waals surface area contributed by atoms with E-state index in [1.54, 1.807) is 24.3 Å². The molecular weight excluding hydrogens is 496 g/mol. The van der Waals surface area contributed by atoms with Gasteiger partial charge < -0.3 is 8.94 Å². The minimum Gasteiger partial charge on any atom is -0.472 e. The number of benzene rings is 2. The monoisotopic (exact) mass is 514 g/mol. The van der Waals surface area contributed by atoms with Gasteiger partial charge in [0.2, 0.25) is 0 Å². The van der Waals surface area contributed by atoms with Crippen LogP contribution in [0, 0.1) is 10.7 Å². The van der Waals surface area contributed by atoms with E-state index in [0.29, 0.717) is 22.3 Å². The first-order valence-electron chi connectivity index (χ1n) is 10.7. The lowest BCUT2D eigenvalue weighted by Gasteiger charge is -2.11.